The van der Waals surface area contributed by atoms with Crippen LogP contribution in [0.2, 0.25) is 0 Å². The number of carboxylic acids is 1. The smallest absolute Gasteiger partial charge is 0.322 e. The van der Waals surface area contributed by atoms with Gasteiger partial charge in [-0.3, -0.25) is 4.79 Å². The summed E-state index contributed by atoms with van der Waals surface area (Å²) in [5, 5.41) is 8.61. The van der Waals surface area contributed by atoms with Crippen LogP contribution in [0.3, 0.4) is 0 Å². The minimum absolute atomic E-state index is 0.104. The molecule has 0 aromatic carbocycles. The van der Waals surface area contributed by atoms with Crippen LogP contribution in [0.1, 0.15) is 12.7 Å². The lowest BCUT2D eigenvalue weighted by atomic mass is 10.3. The van der Waals surface area contributed by atoms with E-state index in [1.807, 2.05) is 0 Å². The number of imidazole rings is 1. The number of carbonyl (C=O) groups is 1. The van der Waals surface area contributed by atoms with Crippen LogP contribution in [-0.2, 0) is 21.9 Å². The molecule has 19 heavy (non-hydrogen) atoms. The Morgan fingerprint density at radius 3 is 2.68 bits per heavy atom. The molecule has 1 aromatic heterocycles. The van der Waals surface area contributed by atoms with Gasteiger partial charge in [-0.2, -0.15) is 4.31 Å². The van der Waals surface area contributed by atoms with Crippen LogP contribution in [0.25, 0.3) is 0 Å². The lowest BCUT2D eigenvalue weighted by molar-refractivity contribution is -0.140. The summed E-state index contributed by atoms with van der Waals surface area (Å²) in [4.78, 5) is 15.1. The molecule has 9 heteroatoms. The molecule has 2 atom stereocenters. The Labute approximate surface area is 115 Å². The lowest BCUT2D eigenvalue weighted by Gasteiger charge is -2.22. The molecule has 1 fully saturated rings. The zero-order valence-corrected chi connectivity index (χ0v) is 12.4. The molecule has 0 amide bonds. The first kappa shape index (κ1) is 14.4. The Hall–Kier alpha value is -1.06. The molecule has 106 valence electrons. The third-order valence-corrected chi connectivity index (χ3v) is 6.28. The van der Waals surface area contributed by atoms with Crippen molar-refractivity contribution in [2.45, 2.75) is 30.3 Å². The van der Waals surface area contributed by atoms with Gasteiger partial charge >= 0.3 is 5.97 Å². The molecular weight excluding hydrogens is 290 g/mol. The number of hydrogen-bond acceptors (Lipinski definition) is 5. The number of aromatic nitrogens is 2. The number of carboxylic acid groups (broad SMARTS) is 1. The molecule has 0 aliphatic carbocycles. The predicted octanol–water partition coefficient (Wildman–Crippen LogP) is 0.265. The summed E-state index contributed by atoms with van der Waals surface area (Å²) in [5.41, 5.74) is 0. The van der Waals surface area contributed by atoms with Crippen molar-refractivity contribution in [3.8, 4) is 0 Å². The average molecular weight is 305 g/mol. The van der Waals surface area contributed by atoms with Crippen LogP contribution >= 0.6 is 11.8 Å². The summed E-state index contributed by atoms with van der Waals surface area (Å²) in [7, 11) is -2.19. The van der Waals surface area contributed by atoms with Gasteiger partial charge in [-0.15, -0.1) is 11.8 Å². The minimum Gasteiger partial charge on any atom is -0.480 e. The van der Waals surface area contributed by atoms with E-state index in [9.17, 15) is 13.2 Å². The number of rotatable bonds is 3. The second kappa shape index (κ2) is 4.80. The van der Waals surface area contributed by atoms with Gasteiger partial charge in [0.2, 0.25) is 0 Å². The van der Waals surface area contributed by atoms with Crippen LogP contribution in [0.5, 0.6) is 0 Å². The van der Waals surface area contributed by atoms with E-state index in [1.165, 1.54) is 18.0 Å². The Kier molecular flexibility index (Phi) is 3.63. The molecule has 1 saturated heterocycles. The Bertz CT molecular complexity index is 591. The van der Waals surface area contributed by atoms with Gasteiger partial charge in [0.05, 0.1) is 5.37 Å². The van der Waals surface area contributed by atoms with Crippen LogP contribution in [0, 0.1) is 6.92 Å². The van der Waals surface area contributed by atoms with Gasteiger partial charge in [-0.1, -0.05) is 0 Å². The predicted molar refractivity (Wildman–Crippen MR) is 70.3 cm³/mol. The number of thioether (sulfide) groups is 1. The van der Waals surface area contributed by atoms with Crippen molar-refractivity contribution in [3.63, 3.8) is 0 Å². The van der Waals surface area contributed by atoms with E-state index in [0.29, 0.717) is 5.82 Å². The van der Waals surface area contributed by atoms with Gasteiger partial charge in [0, 0.05) is 19.0 Å². The van der Waals surface area contributed by atoms with E-state index >= 15 is 0 Å². The first-order chi connectivity index (χ1) is 8.75. The van der Waals surface area contributed by atoms with E-state index in [4.69, 9.17) is 5.11 Å². The highest BCUT2D eigenvalue weighted by atomic mass is 32.2. The van der Waals surface area contributed by atoms with E-state index in [2.05, 4.69) is 4.98 Å². The van der Waals surface area contributed by atoms with Gasteiger partial charge in [-0.25, -0.2) is 13.4 Å². The monoisotopic (exact) mass is 305 g/mol. The molecular formula is C10H15N3O4S2. The number of aliphatic carboxylic acids is 1. The molecule has 2 unspecified atom stereocenters. The minimum atomic E-state index is -3.88. The fraction of sp³-hybridized carbons (Fsp3) is 0.600. The Morgan fingerprint density at radius 2 is 2.21 bits per heavy atom. The van der Waals surface area contributed by atoms with E-state index in [1.54, 1.807) is 25.5 Å². The maximum atomic E-state index is 12.5. The molecule has 0 bridgehead atoms. The molecule has 1 N–H and O–H groups in total. The molecule has 1 aliphatic heterocycles. The highest BCUT2D eigenvalue weighted by Gasteiger charge is 2.45. The topological polar surface area (TPSA) is 92.5 Å². The normalized spacial score (nSPS) is 24.8. The molecule has 0 radical (unpaired) electrons. The fourth-order valence-corrected chi connectivity index (χ4v) is 5.25. The van der Waals surface area contributed by atoms with E-state index in [-0.39, 0.29) is 10.8 Å². The van der Waals surface area contributed by atoms with E-state index in [0.717, 1.165) is 4.31 Å². The largest absolute Gasteiger partial charge is 0.480 e. The number of aryl methyl sites for hydroxylation is 2. The second-order valence-electron chi connectivity index (χ2n) is 4.36. The first-order valence-corrected chi connectivity index (χ1v) is 8.12. The van der Waals surface area contributed by atoms with Crippen molar-refractivity contribution in [2.24, 2.45) is 7.05 Å². The van der Waals surface area contributed by atoms with Crippen LogP contribution < -0.4 is 0 Å². The Balaban J connectivity index is 2.46. The fourth-order valence-electron chi connectivity index (χ4n) is 1.93. The highest BCUT2D eigenvalue weighted by molar-refractivity contribution is 8.01. The summed E-state index contributed by atoms with van der Waals surface area (Å²) in [5.74, 6) is -0.320. The SMILES string of the molecule is Cc1nc(S(=O)(=O)N2C(C)SCC2C(=O)O)cn1C. The second-order valence-corrected chi connectivity index (χ2v) is 7.50. The Morgan fingerprint density at radius 1 is 1.58 bits per heavy atom. The summed E-state index contributed by atoms with van der Waals surface area (Å²) in [6.07, 6.45) is 1.40. The number of hydrogen-bond donors (Lipinski definition) is 1. The van der Waals surface area contributed by atoms with Gasteiger partial charge in [0.1, 0.15) is 11.9 Å². The van der Waals surface area contributed by atoms with Gasteiger partial charge in [0.25, 0.3) is 10.0 Å². The zero-order valence-electron chi connectivity index (χ0n) is 10.8. The number of nitrogens with zero attached hydrogens (tertiary/aromatic N) is 3. The third-order valence-electron chi connectivity index (χ3n) is 3.07. The van der Waals surface area contributed by atoms with Crippen LogP contribution in [0.15, 0.2) is 11.2 Å². The molecule has 7 nitrogen and oxygen atoms in total. The van der Waals surface area contributed by atoms with Crippen LogP contribution in [-0.4, -0.2) is 50.5 Å². The number of sulfonamides is 1. The highest BCUT2D eigenvalue weighted by Crippen LogP contribution is 2.33. The zero-order chi connectivity index (χ0) is 14.4. The summed E-state index contributed by atoms with van der Waals surface area (Å²) < 4.78 is 27.6. The average Bonchev–Trinajstić information content (AvgIpc) is 2.84. The first-order valence-electron chi connectivity index (χ1n) is 5.63. The van der Waals surface area contributed by atoms with Crippen molar-refractivity contribution in [2.75, 3.05) is 5.75 Å². The van der Waals surface area contributed by atoms with Crippen LogP contribution in [0.4, 0.5) is 0 Å². The standard InChI is InChI=1S/C10H15N3O4S2/c1-6-11-9(4-12(6)3)19(16,17)13-7(2)18-5-8(13)10(14)15/h4,7-8H,5H2,1-3H3,(H,14,15). The van der Waals surface area contributed by atoms with Crippen molar-refractivity contribution in [1.82, 2.24) is 13.9 Å². The molecule has 0 spiro atoms. The molecule has 2 rings (SSSR count). The molecule has 2 heterocycles. The summed E-state index contributed by atoms with van der Waals surface area (Å²) in [6, 6.07) is -1.03. The van der Waals surface area contributed by atoms with Crippen molar-refractivity contribution in [1.29, 1.82) is 0 Å². The quantitative estimate of drug-likeness (QED) is 0.861. The van der Waals surface area contributed by atoms with Crippen molar-refractivity contribution >= 4 is 27.8 Å². The van der Waals surface area contributed by atoms with Crippen molar-refractivity contribution < 1.29 is 18.3 Å². The maximum Gasteiger partial charge on any atom is 0.322 e. The molecule has 1 aromatic rings. The van der Waals surface area contributed by atoms with Crippen molar-refractivity contribution in [3.05, 3.63) is 12.0 Å². The summed E-state index contributed by atoms with van der Waals surface area (Å²) in [6.45, 7) is 3.37. The third kappa shape index (κ3) is 2.37. The van der Waals surface area contributed by atoms with E-state index < -0.39 is 27.4 Å². The lowest BCUT2D eigenvalue weighted by Crippen LogP contribution is -2.44. The van der Waals surface area contributed by atoms with Gasteiger partial charge < -0.3 is 9.67 Å². The van der Waals surface area contributed by atoms with Gasteiger partial charge in [-0.05, 0) is 13.8 Å². The maximum absolute atomic E-state index is 12.5. The van der Waals surface area contributed by atoms with Gasteiger partial charge in [0.15, 0.2) is 5.03 Å². The molecule has 0 saturated carbocycles. The summed E-state index contributed by atoms with van der Waals surface area (Å²) >= 11 is 1.31. The molecule has 1 aliphatic rings.